The zero-order chi connectivity index (χ0) is 27.4. The van der Waals surface area contributed by atoms with Crippen LogP contribution in [0.3, 0.4) is 0 Å². The summed E-state index contributed by atoms with van der Waals surface area (Å²) < 4.78 is 0. The van der Waals surface area contributed by atoms with E-state index in [1.165, 1.54) is 11.8 Å². The molecule has 0 aliphatic carbocycles. The Labute approximate surface area is 229 Å². The minimum absolute atomic E-state index is 0.250. The topological polar surface area (TPSA) is 93.6 Å². The molecule has 3 aromatic carbocycles. The third-order valence-electron chi connectivity index (χ3n) is 6.95. The average molecular weight is 523 g/mol. The fourth-order valence-corrected chi connectivity index (χ4v) is 5.02. The molecule has 0 spiro atoms. The summed E-state index contributed by atoms with van der Waals surface area (Å²) in [5.41, 5.74) is 6.67. The molecular weight excluding hydrogens is 488 g/mol. The largest absolute Gasteiger partial charge is 0.392 e. The minimum atomic E-state index is -0.297. The predicted octanol–water partition coefficient (Wildman–Crippen LogP) is 4.98. The second-order valence-electron chi connectivity index (χ2n) is 9.97. The summed E-state index contributed by atoms with van der Waals surface area (Å²) >= 11 is 0. The van der Waals surface area contributed by atoms with Crippen LogP contribution in [0.4, 0.5) is 23.0 Å². The highest BCUT2D eigenvalue weighted by Gasteiger charge is 2.18. The van der Waals surface area contributed by atoms with Crippen LogP contribution < -0.4 is 15.5 Å². The minimum Gasteiger partial charge on any atom is -0.392 e. The molecule has 1 aliphatic heterocycles. The van der Waals surface area contributed by atoms with Gasteiger partial charge in [-0.25, -0.2) is 9.97 Å². The van der Waals surface area contributed by atoms with Crippen molar-refractivity contribution < 1.29 is 9.90 Å². The van der Waals surface area contributed by atoms with Gasteiger partial charge in [-0.3, -0.25) is 9.69 Å². The lowest BCUT2D eigenvalue weighted by atomic mass is 9.97. The first-order chi connectivity index (χ1) is 18.9. The Morgan fingerprint density at radius 3 is 2.56 bits per heavy atom. The summed E-state index contributed by atoms with van der Waals surface area (Å²) in [5, 5.41) is 16.8. The molecule has 2 heterocycles. The lowest BCUT2D eigenvalue weighted by Gasteiger charge is -2.36. The van der Waals surface area contributed by atoms with E-state index in [0.717, 1.165) is 66.0 Å². The third kappa shape index (κ3) is 6.25. The molecule has 1 saturated heterocycles. The van der Waals surface area contributed by atoms with Gasteiger partial charge < -0.3 is 20.6 Å². The van der Waals surface area contributed by atoms with Crippen LogP contribution in [0.25, 0.3) is 22.0 Å². The third-order valence-corrected chi connectivity index (χ3v) is 6.95. The molecule has 8 nitrogen and oxygen atoms in total. The van der Waals surface area contributed by atoms with Crippen molar-refractivity contribution in [2.75, 3.05) is 48.3 Å². The van der Waals surface area contributed by atoms with E-state index in [4.69, 9.17) is 4.98 Å². The number of hydrogen-bond acceptors (Lipinski definition) is 7. The Morgan fingerprint density at radius 1 is 1.08 bits per heavy atom. The van der Waals surface area contributed by atoms with Crippen LogP contribution in [-0.2, 0) is 4.79 Å². The van der Waals surface area contributed by atoms with E-state index >= 15 is 0 Å². The molecule has 200 valence electrons. The number of benzene rings is 3. The van der Waals surface area contributed by atoms with Crippen LogP contribution in [0, 0.1) is 6.92 Å². The number of aryl methyl sites for hydroxylation is 1. The predicted molar refractivity (Wildman–Crippen MR) is 159 cm³/mol. The molecule has 0 radical (unpaired) electrons. The Morgan fingerprint density at radius 2 is 1.85 bits per heavy atom. The summed E-state index contributed by atoms with van der Waals surface area (Å²) in [5.74, 6) is 0.269. The van der Waals surface area contributed by atoms with E-state index in [2.05, 4.69) is 57.1 Å². The maximum absolute atomic E-state index is 11.8. The first kappa shape index (κ1) is 26.3. The van der Waals surface area contributed by atoms with Crippen LogP contribution in [0.15, 0.2) is 79.5 Å². The SMILES string of the molecule is C=CC(=O)Nc1cccc(-c2c(C)ccc3cnc(Nc4ccc(N5CCN(CC(C)O)CC5)cc4)nc23)c1. The molecule has 1 aromatic heterocycles. The van der Waals surface area contributed by atoms with Crippen molar-refractivity contribution in [1.82, 2.24) is 14.9 Å². The Bertz CT molecular complexity index is 1480. The molecule has 1 atom stereocenters. The van der Waals surface area contributed by atoms with Crippen molar-refractivity contribution in [2.45, 2.75) is 20.0 Å². The van der Waals surface area contributed by atoms with E-state index in [9.17, 15) is 9.90 Å². The number of β-amino-alcohol motifs (C(OH)–C–C–N with tert-alkyl or cyclic N) is 1. The zero-order valence-corrected chi connectivity index (χ0v) is 22.4. The van der Waals surface area contributed by atoms with Gasteiger partial charge in [0.2, 0.25) is 11.9 Å². The lowest BCUT2D eigenvalue weighted by Crippen LogP contribution is -2.48. The van der Waals surface area contributed by atoms with Crippen LogP contribution in [0.5, 0.6) is 0 Å². The molecule has 4 aromatic rings. The number of aliphatic hydroxyl groups excluding tert-OH is 1. The second kappa shape index (κ2) is 11.6. The number of rotatable bonds is 8. The molecule has 3 N–H and O–H groups in total. The van der Waals surface area contributed by atoms with Gasteiger partial charge in [0, 0.05) is 66.9 Å². The lowest BCUT2D eigenvalue weighted by molar-refractivity contribution is -0.111. The van der Waals surface area contributed by atoms with Crippen LogP contribution in [-0.4, -0.2) is 64.7 Å². The Balaban J connectivity index is 1.35. The second-order valence-corrected chi connectivity index (χ2v) is 9.97. The van der Waals surface area contributed by atoms with Gasteiger partial charge in [-0.2, -0.15) is 0 Å². The number of carbonyl (C=O) groups is 1. The Kier molecular flexibility index (Phi) is 7.86. The van der Waals surface area contributed by atoms with E-state index in [0.29, 0.717) is 11.6 Å². The maximum Gasteiger partial charge on any atom is 0.247 e. The highest BCUT2D eigenvalue weighted by atomic mass is 16.3. The number of nitrogens with one attached hydrogen (secondary N) is 2. The molecule has 5 rings (SSSR count). The van der Waals surface area contributed by atoms with Gasteiger partial charge in [-0.1, -0.05) is 30.8 Å². The number of anilines is 4. The van der Waals surface area contributed by atoms with Gasteiger partial charge in [-0.15, -0.1) is 0 Å². The number of fused-ring (bicyclic) bond motifs is 1. The van der Waals surface area contributed by atoms with Crippen LogP contribution in [0.2, 0.25) is 0 Å². The standard InChI is InChI=1S/C31H34N6O2/c1-4-28(39)33-26-7-5-6-23(18-26)29-21(2)8-9-24-19-32-31(35-30(24)29)34-25-10-12-27(13-11-25)37-16-14-36(15-17-37)20-22(3)38/h4-13,18-19,22,38H,1,14-17,20H2,2-3H3,(H,33,39)(H,32,34,35). The number of aliphatic hydroxyl groups is 1. The van der Waals surface area contributed by atoms with Crippen molar-refractivity contribution in [3.63, 3.8) is 0 Å². The molecule has 1 unspecified atom stereocenters. The van der Waals surface area contributed by atoms with E-state index in [-0.39, 0.29) is 12.0 Å². The number of aromatic nitrogens is 2. The van der Waals surface area contributed by atoms with Crippen molar-refractivity contribution >= 4 is 39.8 Å². The van der Waals surface area contributed by atoms with E-state index in [1.807, 2.05) is 55.6 Å². The zero-order valence-electron chi connectivity index (χ0n) is 22.4. The fraction of sp³-hybridized carbons (Fsp3) is 0.258. The van der Waals surface area contributed by atoms with Crippen molar-refractivity contribution in [3.8, 4) is 11.1 Å². The van der Waals surface area contributed by atoms with Gasteiger partial charge in [-0.05, 0) is 67.4 Å². The molecule has 8 heteroatoms. The summed E-state index contributed by atoms with van der Waals surface area (Å²) in [4.78, 5) is 25.9. The number of carbonyl (C=O) groups excluding carboxylic acids is 1. The Hall–Kier alpha value is -4.27. The molecule has 0 saturated carbocycles. The molecule has 1 amide bonds. The van der Waals surface area contributed by atoms with Crippen molar-refractivity contribution in [1.29, 1.82) is 0 Å². The normalized spacial score (nSPS) is 14.7. The van der Waals surface area contributed by atoms with Crippen LogP contribution >= 0.6 is 0 Å². The molecule has 0 bridgehead atoms. The summed E-state index contributed by atoms with van der Waals surface area (Å²) in [6.45, 7) is 11.9. The number of piperazine rings is 1. The summed E-state index contributed by atoms with van der Waals surface area (Å²) in [7, 11) is 0. The van der Waals surface area contributed by atoms with Gasteiger partial charge in [0.25, 0.3) is 0 Å². The van der Waals surface area contributed by atoms with Gasteiger partial charge in [0.15, 0.2) is 0 Å². The van der Waals surface area contributed by atoms with Crippen molar-refractivity contribution in [3.05, 3.63) is 85.1 Å². The number of nitrogens with zero attached hydrogens (tertiary/aromatic N) is 4. The summed E-state index contributed by atoms with van der Waals surface area (Å²) in [6.07, 6.45) is 2.79. The maximum atomic E-state index is 11.8. The molecule has 1 fully saturated rings. The first-order valence-corrected chi connectivity index (χ1v) is 13.2. The highest BCUT2D eigenvalue weighted by molar-refractivity contribution is 6.00. The van der Waals surface area contributed by atoms with Gasteiger partial charge in [0.05, 0.1) is 11.6 Å². The van der Waals surface area contributed by atoms with Gasteiger partial charge in [0.1, 0.15) is 0 Å². The summed E-state index contributed by atoms with van der Waals surface area (Å²) in [6, 6.07) is 20.2. The van der Waals surface area contributed by atoms with Crippen LogP contribution in [0.1, 0.15) is 12.5 Å². The number of amides is 1. The quantitative estimate of drug-likeness (QED) is 0.281. The average Bonchev–Trinajstić information content (AvgIpc) is 2.93. The van der Waals surface area contributed by atoms with E-state index in [1.54, 1.807) is 0 Å². The highest BCUT2D eigenvalue weighted by Crippen LogP contribution is 2.33. The fourth-order valence-electron chi connectivity index (χ4n) is 5.02. The first-order valence-electron chi connectivity index (χ1n) is 13.2. The van der Waals surface area contributed by atoms with E-state index < -0.39 is 0 Å². The smallest absolute Gasteiger partial charge is 0.247 e. The number of hydrogen-bond donors (Lipinski definition) is 3. The van der Waals surface area contributed by atoms with Gasteiger partial charge >= 0.3 is 0 Å². The molecular formula is C31H34N6O2. The molecule has 39 heavy (non-hydrogen) atoms. The molecule has 1 aliphatic rings. The van der Waals surface area contributed by atoms with Crippen molar-refractivity contribution in [2.24, 2.45) is 0 Å². The monoisotopic (exact) mass is 522 g/mol.